The summed E-state index contributed by atoms with van der Waals surface area (Å²) in [7, 11) is -2.00. The Kier molecular flexibility index (Phi) is 5.67. The summed E-state index contributed by atoms with van der Waals surface area (Å²) >= 11 is 0. The Morgan fingerprint density at radius 3 is 2.83 bits per heavy atom. The molecule has 0 radical (unpaired) electrons. The minimum absolute atomic E-state index is 0.122. The first kappa shape index (κ1) is 20.0. The third-order valence-electron chi connectivity index (χ3n) is 5.65. The fourth-order valence-corrected chi connectivity index (χ4v) is 5.87. The van der Waals surface area contributed by atoms with E-state index in [1.807, 2.05) is 6.07 Å². The molecule has 1 unspecified atom stereocenters. The smallest absolute Gasteiger partial charge is 0.272 e. The molecule has 0 bridgehead atoms. The molecule has 0 aliphatic carbocycles. The Bertz CT molecular complexity index is 994. The van der Waals surface area contributed by atoms with Crippen LogP contribution in [-0.2, 0) is 27.7 Å². The first-order chi connectivity index (χ1) is 14.0. The molecule has 2 aliphatic rings. The summed E-state index contributed by atoms with van der Waals surface area (Å²) in [5.74, 6) is -0.135. The summed E-state index contributed by atoms with van der Waals surface area (Å²) < 4.78 is 33.2. The van der Waals surface area contributed by atoms with Gasteiger partial charge in [0.05, 0.1) is 11.5 Å². The number of fused-ring (bicyclic) bond motifs is 1. The van der Waals surface area contributed by atoms with E-state index in [-0.39, 0.29) is 16.8 Å². The van der Waals surface area contributed by atoms with Crippen molar-refractivity contribution in [2.75, 3.05) is 26.8 Å². The van der Waals surface area contributed by atoms with Crippen LogP contribution in [0, 0.1) is 0 Å². The van der Waals surface area contributed by atoms with Crippen LogP contribution < -0.4 is 0 Å². The monoisotopic (exact) mass is 415 g/mol. The van der Waals surface area contributed by atoms with E-state index in [1.54, 1.807) is 52.8 Å². The minimum Gasteiger partial charge on any atom is -0.383 e. The van der Waals surface area contributed by atoms with Crippen molar-refractivity contribution in [1.29, 1.82) is 0 Å². The SMILES string of the molecule is COCC1CCCN1S(=O)(=O)c1ccc2c(c1)CN(C(=O)c1ccccn1)CC2. The van der Waals surface area contributed by atoms with Crippen molar-refractivity contribution in [2.45, 2.75) is 36.7 Å². The molecule has 1 amide bonds. The summed E-state index contributed by atoms with van der Waals surface area (Å²) in [4.78, 5) is 18.9. The van der Waals surface area contributed by atoms with Gasteiger partial charge in [-0.2, -0.15) is 4.31 Å². The van der Waals surface area contributed by atoms with E-state index >= 15 is 0 Å². The number of sulfonamides is 1. The predicted octanol–water partition coefficient (Wildman–Crippen LogP) is 2.08. The molecular weight excluding hydrogens is 390 g/mol. The van der Waals surface area contributed by atoms with Crippen molar-refractivity contribution in [2.24, 2.45) is 0 Å². The van der Waals surface area contributed by atoms with Crippen LogP contribution in [0.5, 0.6) is 0 Å². The molecule has 1 atom stereocenters. The number of aromatic nitrogens is 1. The first-order valence-electron chi connectivity index (χ1n) is 9.83. The number of carbonyl (C=O) groups is 1. The predicted molar refractivity (Wildman–Crippen MR) is 108 cm³/mol. The second kappa shape index (κ2) is 8.22. The fourth-order valence-electron chi connectivity index (χ4n) is 4.14. The Morgan fingerprint density at radius 1 is 1.21 bits per heavy atom. The van der Waals surface area contributed by atoms with E-state index in [2.05, 4.69) is 4.98 Å². The number of pyridine rings is 1. The highest BCUT2D eigenvalue weighted by atomic mass is 32.2. The number of carbonyl (C=O) groups excluding carboxylic acids is 1. The van der Waals surface area contributed by atoms with Crippen molar-refractivity contribution in [3.05, 3.63) is 59.4 Å². The Balaban J connectivity index is 1.58. The van der Waals surface area contributed by atoms with Gasteiger partial charge in [0.1, 0.15) is 5.69 Å². The van der Waals surface area contributed by atoms with Gasteiger partial charge in [-0.25, -0.2) is 8.42 Å². The minimum atomic E-state index is -3.60. The van der Waals surface area contributed by atoms with Crippen LogP contribution in [0.25, 0.3) is 0 Å². The van der Waals surface area contributed by atoms with Crippen molar-refractivity contribution in [3.63, 3.8) is 0 Å². The van der Waals surface area contributed by atoms with E-state index in [4.69, 9.17) is 4.74 Å². The molecule has 2 aromatic rings. The zero-order valence-electron chi connectivity index (χ0n) is 16.5. The van der Waals surface area contributed by atoms with Crippen LogP contribution in [0.15, 0.2) is 47.5 Å². The van der Waals surface area contributed by atoms with Crippen LogP contribution in [0.4, 0.5) is 0 Å². The molecule has 1 aromatic carbocycles. The zero-order chi connectivity index (χ0) is 20.4. The van der Waals surface area contributed by atoms with Gasteiger partial charge in [-0.1, -0.05) is 12.1 Å². The number of hydrogen-bond acceptors (Lipinski definition) is 5. The van der Waals surface area contributed by atoms with Gasteiger partial charge in [-0.15, -0.1) is 0 Å². The van der Waals surface area contributed by atoms with Gasteiger partial charge in [-0.05, 0) is 54.7 Å². The normalized spacial score (nSPS) is 19.9. The highest BCUT2D eigenvalue weighted by molar-refractivity contribution is 7.89. The second-order valence-electron chi connectivity index (χ2n) is 7.49. The molecule has 0 spiro atoms. The lowest BCUT2D eigenvalue weighted by atomic mass is 9.99. The number of methoxy groups -OCH3 is 1. The van der Waals surface area contributed by atoms with Crippen LogP contribution in [-0.4, -0.2) is 61.4 Å². The third kappa shape index (κ3) is 3.92. The van der Waals surface area contributed by atoms with Gasteiger partial charge >= 0.3 is 0 Å². The maximum Gasteiger partial charge on any atom is 0.272 e. The van der Waals surface area contributed by atoms with Crippen LogP contribution in [0.1, 0.15) is 34.5 Å². The topological polar surface area (TPSA) is 79.8 Å². The molecule has 0 N–H and O–H groups in total. The summed E-state index contributed by atoms with van der Waals surface area (Å²) in [6, 6.07) is 10.4. The Hall–Kier alpha value is -2.29. The van der Waals surface area contributed by atoms with E-state index in [0.717, 1.165) is 24.0 Å². The number of ether oxygens (including phenoxy) is 1. The number of rotatable bonds is 5. The van der Waals surface area contributed by atoms with Crippen molar-refractivity contribution in [3.8, 4) is 0 Å². The zero-order valence-corrected chi connectivity index (χ0v) is 17.3. The van der Waals surface area contributed by atoms with Gasteiger partial charge in [0, 0.05) is 39.0 Å². The molecular formula is C21H25N3O4S. The van der Waals surface area contributed by atoms with Crippen LogP contribution in [0.2, 0.25) is 0 Å². The average molecular weight is 416 g/mol. The third-order valence-corrected chi connectivity index (χ3v) is 7.60. The van der Waals surface area contributed by atoms with Gasteiger partial charge < -0.3 is 9.64 Å². The van der Waals surface area contributed by atoms with Gasteiger partial charge in [-0.3, -0.25) is 9.78 Å². The molecule has 1 fully saturated rings. The summed E-state index contributed by atoms with van der Waals surface area (Å²) in [6.45, 7) is 1.89. The van der Waals surface area contributed by atoms with Gasteiger partial charge in [0.2, 0.25) is 10.0 Å². The molecule has 2 aliphatic heterocycles. The molecule has 1 aromatic heterocycles. The molecule has 7 nitrogen and oxygen atoms in total. The first-order valence-corrected chi connectivity index (χ1v) is 11.3. The summed E-state index contributed by atoms with van der Waals surface area (Å²) in [5, 5.41) is 0. The molecule has 154 valence electrons. The van der Waals surface area contributed by atoms with Crippen molar-refractivity contribution < 1.29 is 17.9 Å². The van der Waals surface area contributed by atoms with E-state index in [1.165, 1.54) is 0 Å². The van der Waals surface area contributed by atoms with Crippen LogP contribution in [0.3, 0.4) is 0 Å². The fraction of sp³-hybridized carbons (Fsp3) is 0.429. The van der Waals surface area contributed by atoms with Gasteiger partial charge in [0.15, 0.2) is 0 Å². The summed E-state index contributed by atoms with van der Waals surface area (Å²) in [5.41, 5.74) is 2.37. The lowest BCUT2D eigenvalue weighted by Gasteiger charge is -2.29. The lowest BCUT2D eigenvalue weighted by molar-refractivity contribution is 0.0728. The highest BCUT2D eigenvalue weighted by Gasteiger charge is 2.35. The molecule has 3 heterocycles. The van der Waals surface area contributed by atoms with E-state index in [0.29, 0.717) is 38.4 Å². The number of nitrogens with zero attached hydrogens (tertiary/aromatic N) is 3. The van der Waals surface area contributed by atoms with E-state index in [9.17, 15) is 13.2 Å². The number of hydrogen-bond donors (Lipinski definition) is 0. The standard InChI is InChI=1S/C21H25N3O4S/c1-28-15-18-5-4-11-24(18)29(26,27)19-8-7-16-9-12-23(14-17(16)13-19)21(25)20-6-2-3-10-22-20/h2-3,6-8,10,13,18H,4-5,9,11-12,14-15H2,1H3. The van der Waals surface area contributed by atoms with Crippen LogP contribution >= 0.6 is 0 Å². The molecule has 8 heteroatoms. The molecule has 4 rings (SSSR count). The number of amides is 1. The quantitative estimate of drug-likeness (QED) is 0.747. The number of benzene rings is 1. The second-order valence-corrected chi connectivity index (χ2v) is 9.38. The van der Waals surface area contributed by atoms with E-state index < -0.39 is 10.0 Å². The Labute approximate surface area is 171 Å². The van der Waals surface area contributed by atoms with Gasteiger partial charge in [0.25, 0.3) is 5.91 Å². The Morgan fingerprint density at radius 2 is 2.07 bits per heavy atom. The average Bonchev–Trinajstić information content (AvgIpc) is 3.22. The molecule has 29 heavy (non-hydrogen) atoms. The lowest BCUT2D eigenvalue weighted by Crippen LogP contribution is -2.38. The largest absolute Gasteiger partial charge is 0.383 e. The summed E-state index contributed by atoms with van der Waals surface area (Å²) in [6.07, 6.45) is 3.95. The van der Waals surface area contributed by atoms with Crippen molar-refractivity contribution in [1.82, 2.24) is 14.2 Å². The van der Waals surface area contributed by atoms with Crippen molar-refractivity contribution >= 4 is 15.9 Å². The highest BCUT2D eigenvalue weighted by Crippen LogP contribution is 2.29. The maximum absolute atomic E-state index is 13.2. The molecule has 1 saturated heterocycles. The maximum atomic E-state index is 13.2. The molecule has 0 saturated carbocycles.